The molecule has 0 amide bonds. The monoisotopic (exact) mass is 318 g/mol. The van der Waals surface area contributed by atoms with Gasteiger partial charge in [0.2, 0.25) is 6.29 Å². The molecule has 1 rings (SSSR count). The number of rotatable bonds is 6. The number of Topliss-reactive ketones (excluding diaryl/α,β-unsaturated/α-hetero) is 2. The lowest BCUT2D eigenvalue weighted by Crippen LogP contribution is -2.27. The lowest BCUT2D eigenvalue weighted by molar-refractivity contribution is -0.155. The number of ether oxygens (including phenoxy) is 2. The smallest absolute Gasteiger partial charge is 0.217 e. The molecular formula is C12H12BrFO4. The van der Waals surface area contributed by atoms with E-state index in [1.54, 1.807) is 0 Å². The lowest BCUT2D eigenvalue weighted by atomic mass is 10.1. The fourth-order valence-corrected chi connectivity index (χ4v) is 1.75. The van der Waals surface area contributed by atoms with E-state index in [1.165, 1.54) is 26.4 Å². The van der Waals surface area contributed by atoms with Crippen LogP contribution in [0.25, 0.3) is 0 Å². The Hall–Kier alpha value is -1.11. The van der Waals surface area contributed by atoms with Crippen molar-refractivity contribution in [1.82, 2.24) is 0 Å². The Morgan fingerprint density at radius 3 is 2.44 bits per heavy atom. The molecule has 1 aromatic rings. The van der Waals surface area contributed by atoms with Gasteiger partial charge in [0.05, 0.1) is 10.9 Å². The van der Waals surface area contributed by atoms with Crippen molar-refractivity contribution < 1.29 is 23.5 Å². The van der Waals surface area contributed by atoms with Crippen LogP contribution >= 0.6 is 15.9 Å². The Morgan fingerprint density at radius 1 is 1.33 bits per heavy atom. The summed E-state index contributed by atoms with van der Waals surface area (Å²) < 4.78 is 22.7. The minimum absolute atomic E-state index is 0.177. The van der Waals surface area contributed by atoms with Gasteiger partial charge in [0.15, 0.2) is 11.6 Å². The number of ketones is 2. The van der Waals surface area contributed by atoms with Crippen LogP contribution < -0.4 is 0 Å². The number of hydrogen-bond acceptors (Lipinski definition) is 4. The molecule has 0 saturated heterocycles. The number of carbonyl (C=O) groups is 2. The zero-order valence-electron chi connectivity index (χ0n) is 9.91. The van der Waals surface area contributed by atoms with Gasteiger partial charge < -0.3 is 9.47 Å². The Balaban J connectivity index is 2.76. The van der Waals surface area contributed by atoms with Gasteiger partial charge in [-0.3, -0.25) is 9.59 Å². The highest BCUT2D eigenvalue weighted by atomic mass is 79.9. The average molecular weight is 319 g/mol. The normalized spacial score (nSPS) is 10.7. The predicted octanol–water partition coefficient (Wildman–Crippen LogP) is 2.35. The molecule has 0 aliphatic heterocycles. The first kappa shape index (κ1) is 14.9. The van der Waals surface area contributed by atoms with Gasteiger partial charge in [0.1, 0.15) is 5.82 Å². The highest BCUT2D eigenvalue weighted by Crippen LogP contribution is 2.18. The third kappa shape index (κ3) is 3.69. The van der Waals surface area contributed by atoms with Gasteiger partial charge in [-0.15, -0.1) is 0 Å². The molecule has 0 unspecified atom stereocenters. The van der Waals surface area contributed by atoms with Crippen LogP contribution in [0.5, 0.6) is 0 Å². The Morgan fingerprint density at radius 2 is 1.94 bits per heavy atom. The van der Waals surface area contributed by atoms with E-state index >= 15 is 0 Å². The van der Waals surface area contributed by atoms with Gasteiger partial charge in [-0.2, -0.15) is 0 Å². The van der Waals surface area contributed by atoms with E-state index in [-0.39, 0.29) is 16.5 Å². The maximum atomic E-state index is 13.0. The largest absolute Gasteiger partial charge is 0.349 e. The quantitative estimate of drug-likeness (QED) is 0.459. The van der Waals surface area contributed by atoms with Crippen molar-refractivity contribution in [3.05, 3.63) is 34.1 Å². The number of halogens is 2. The fourth-order valence-electron chi connectivity index (χ4n) is 1.37. The van der Waals surface area contributed by atoms with Crippen molar-refractivity contribution >= 4 is 27.5 Å². The van der Waals surface area contributed by atoms with E-state index in [0.29, 0.717) is 0 Å². The number of hydrogen-bond donors (Lipinski definition) is 0. The van der Waals surface area contributed by atoms with Gasteiger partial charge in [-0.05, 0) is 34.1 Å². The lowest BCUT2D eigenvalue weighted by Gasteiger charge is -2.11. The topological polar surface area (TPSA) is 52.6 Å². The van der Waals surface area contributed by atoms with Gasteiger partial charge in [0, 0.05) is 19.8 Å². The first-order valence-electron chi connectivity index (χ1n) is 5.06. The molecule has 0 radical (unpaired) electrons. The summed E-state index contributed by atoms with van der Waals surface area (Å²) in [4.78, 5) is 23.4. The molecule has 4 nitrogen and oxygen atoms in total. The van der Waals surface area contributed by atoms with Crippen LogP contribution in [0.3, 0.4) is 0 Å². The molecule has 0 atom stereocenters. The van der Waals surface area contributed by atoms with E-state index in [2.05, 4.69) is 15.9 Å². The van der Waals surface area contributed by atoms with Crippen LogP contribution in [-0.4, -0.2) is 32.1 Å². The summed E-state index contributed by atoms with van der Waals surface area (Å²) in [6.45, 7) is 0. The minimum atomic E-state index is -1.06. The van der Waals surface area contributed by atoms with E-state index in [4.69, 9.17) is 9.47 Å². The van der Waals surface area contributed by atoms with Gasteiger partial charge >= 0.3 is 0 Å². The molecule has 18 heavy (non-hydrogen) atoms. The van der Waals surface area contributed by atoms with Crippen LogP contribution in [0.15, 0.2) is 22.7 Å². The molecule has 1 aromatic carbocycles. The average Bonchev–Trinajstić information content (AvgIpc) is 2.34. The van der Waals surface area contributed by atoms with Crippen molar-refractivity contribution in [2.24, 2.45) is 0 Å². The highest BCUT2D eigenvalue weighted by molar-refractivity contribution is 9.10. The summed E-state index contributed by atoms with van der Waals surface area (Å²) in [7, 11) is 2.62. The maximum absolute atomic E-state index is 13.0. The molecule has 0 spiro atoms. The van der Waals surface area contributed by atoms with Gasteiger partial charge in [-0.1, -0.05) is 0 Å². The molecule has 0 aliphatic carbocycles. The molecule has 0 fully saturated rings. The second-order valence-corrected chi connectivity index (χ2v) is 4.35. The van der Waals surface area contributed by atoms with E-state index < -0.39 is 23.7 Å². The predicted molar refractivity (Wildman–Crippen MR) is 65.9 cm³/mol. The van der Waals surface area contributed by atoms with Gasteiger partial charge in [-0.25, -0.2) is 4.39 Å². The first-order chi connectivity index (χ1) is 8.49. The van der Waals surface area contributed by atoms with Crippen LogP contribution in [0, 0.1) is 5.82 Å². The number of carbonyl (C=O) groups excluding carboxylic acids is 2. The van der Waals surface area contributed by atoms with Crippen molar-refractivity contribution in [2.75, 3.05) is 14.2 Å². The van der Waals surface area contributed by atoms with E-state index in [0.717, 1.165) is 6.07 Å². The highest BCUT2D eigenvalue weighted by Gasteiger charge is 2.21. The third-order valence-electron chi connectivity index (χ3n) is 2.27. The van der Waals surface area contributed by atoms with Crippen LogP contribution in [0.1, 0.15) is 16.8 Å². The standard InChI is InChI=1S/C12H12BrFO4/c1-17-12(18-2)11(16)6-10(15)7-3-4-9(14)8(13)5-7/h3-5,12H,6H2,1-2H3. The summed E-state index contributed by atoms with van der Waals surface area (Å²) in [5.74, 6) is -1.37. The molecule has 0 bridgehead atoms. The van der Waals surface area contributed by atoms with Crippen molar-refractivity contribution in [2.45, 2.75) is 12.7 Å². The maximum Gasteiger partial charge on any atom is 0.217 e. The molecule has 0 aliphatic rings. The minimum Gasteiger partial charge on any atom is -0.349 e. The van der Waals surface area contributed by atoms with E-state index in [1.807, 2.05) is 0 Å². The van der Waals surface area contributed by atoms with Crippen molar-refractivity contribution in [1.29, 1.82) is 0 Å². The van der Waals surface area contributed by atoms with Crippen LogP contribution in [-0.2, 0) is 14.3 Å². The van der Waals surface area contributed by atoms with E-state index in [9.17, 15) is 14.0 Å². The van der Waals surface area contributed by atoms with Crippen LogP contribution in [0.4, 0.5) is 4.39 Å². The molecule has 0 N–H and O–H groups in total. The third-order valence-corrected chi connectivity index (χ3v) is 2.88. The van der Waals surface area contributed by atoms with Crippen molar-refractivity contribution in [3.8, 4) is 0 Å². The zero-order valence-corrected chi connectivity index (χ0v) is 11.5. The second-order valence-electron chi connectivity index (χ2n) is 3.50. The Bertz CT molecular complexity index is 457. The first-order valence-corrected chi connectivity index (χ1v) is 5.85. The summed E-state index contributed by atoms with van der Waals surface area (Å²) in [5, 5.41) is 0. The van der Waals surface area contributed by atoms with Crippen molar-refractivity contribution in [3.63, 3.8) is 0 Å². The Labute approximate surface area is 112 Å². The second kappa shape index (κ2) is 6.72. The zero-order chi connectivity index (χ0) is 13.7. The summed E-state index contributed by atoms with van der Waals surface area (Å²) in [6.07, 6.45) is -1.41. The molecule has 98 valence electrons. The van der Waals surface area contributed by atoms with Gasteiger partial charge in [0.25, 0.3) is 0 Å². The molecule has 0 heterocycles. The molecule has 0 saturated carbocycles. The molecule has 6 heteroatoms. The molecule has 0 aromatic heterocycles. The summed E-state index contributed by atoms with van der Waals surface area (Å²) in [5.41, 5.74) is 0.252. The summed E-state index contributed by atoms with van der Waals surface area (Å²) >= 11 is 2.98. The SMILES string of the molecule is COC(OC)C(=O)CC(=O)c1ccc(F)c(Br)c1. The Kier molecular flexibility index (Phi) is 5.58. The molecular weight excluding hydrogens is 307 g/mol. The van der Waals surface area contributed by atoms with Crippen LogP contribution in [0.2, 0.25) is 0 Å². The number of methoxy groups -OCH3 is 2. The summed E-state index contributed by atoms with van der Waals surface area (Å²) in [6, 6.07) is 3.82. The fraction of sp³-hybridized carbons (Fsp3) is 0.333. The number of benzene rings is 1.